The zero-order valence-corrected chi connectivity index (χ0v) is 15.3. The fourth-order valence-corrected chi connectivity index (χ4v) is 4.32. The van der Waals surface area contributed by atoms with Gasteiger partial charge in [0.05, 0.1) is 4.88 Å². The van der Waals surface area contributed by atoms with Crippen LogP contribution in [-0.4, -0.2) is 41.9 Å². The third-order valence-corrected chi connectivity index (χ3v) is 5.87. The first-order chi connectivity index (χ1) is 12.2. The molecule has 0 atom stereocenters. The van der Waals surface area contributed by atoms with Crippen molar-refractivity contribution in [2.45, 2.75) is 13.5 Å². The Morgan fingerprint density at radius 3 is 2.48 bits per heavy atom. The zero-order valence-electron chi connectivity index (χ0n) is 14.4. The molecule has 2 aromatic carbocycles. The van der Waals surface area contributed by atoms with E-state index in [1.54, 1.807) is 11.3 Å². The first-order valence-electron chi connectivity index (χ1n) is 8.75. The lowest BCUT2D eigenvalue weighted by Crippen LogP contribution is -2.48. The monoisotopic (exact) mass is 350 g/mol. The lowest BCUT2D eigenvalue weighted by Gasteiger charge is -2.34. The Labute approximate surface area is 152 Å². The normalized spacial score (nSPS) is 15.6. The summed E-state index contributed by atoms with van der Waals surface area (Å²) in [6.07, 6.45) is 0. The second kappa shape index (κ2) is 6.98. The van der Waals surface area contributed by atoms with E-state index in [1.165, 1.54) is 21.2 Å². The molecule has 4 rings (SSSR count). The van der Waals surface area contributed by atoms with Crippen molar-refractivity contribution in [1.82, 2.24) is 9.80 Å². The molecule has 2 heterocycles. The second-order valence-electron chi connectivity index (χ2n) is 6.62. The Bertz CT molecular complexity index is 888. The van der Waals surface area contributed by atoms with Gasteiger partial charge in [0.1, 0.15) is 0 Å². The molecule has 0 saturated carbocycles. The summed E-state index contributed by atoms with van der Waals surface area (Å²) in [4.78, 5) is 19.1. The quantitative estimate of drug-likeness (QED) is 0.708. The Morgan fingerprint density at radius 2 is 1.72 bits per heavy atom. The van der Waals surface area contributed by atoms with Crippen molar-refractivity contribution in [3.8, 4) is 0 Å². The summed E-state index contributed by atoms with van der Waals surface area (Å²) in [5, 5.41) is 2.62. The molecule has 1 fully saturated rings. The molecule has 3 nitrogen and oxygen atoms in total. The van der Waals surface area contributed by atoms with E-state index in [4.69, 9.17) is 0 Å². The highest BCUT2D eigenvalue weighted by atomic mass is 32.1. The minimum Gasteiger partial charge on any atom is -0.335 e. The molecule has 1 amide bonds. The molecule has 0 spiro atoms. The van der Waals surface area contributed by atoms with Crippen LogP contribution in [-0.2, 0) is 6.54 Å². The molecule has 0 N–H and O–H groups in total. The summed E-state index contributed by atoms with van der Waals surface area (Å²) in [7, 11) is 0. The van der Waals surface area contributed by atoms with Crippen molar-refractivity contribution in [2.24, 2.45) is 0 Å². The Kier molecular flexibility index (Phi) is 4.55. The van der Waals surface area contributed by atoms with Gasteiger partial charge in [0.2, 0.25) is 0 Å². The van der Waals surface area contributed by atoms with E-state index in [9.17, 15) is 4.79 Å². The van der Waals surface area contributed by atoms with Crippen molar-refractivity contribution in [2.75, 3.05) is 26.2 Å². The zero-order chi connectivity index (χ0) is 17.2. The van der Waals surface area contributed by atoms with Crippen LogP contribution in [0, 0.1) is 6.92 Å². The average molecular weight is 350 g/mol. The number of nitrogens with zero attached hydrogens (tertiary/aromatic N) is 2. The van der Waals surface area contributed by atoms with Crippen LogP contribution >= 0.6 is 11.3 Å². The highest BCUT2D eigenvalue weighted by Gasteiger charge is 2.23. The maximum Gasteiger partial charge on any atom is 0.264 e. The van der Waals surface area contributed by atoms with Gasteiger partial charge in [-0.25, -0.2) is 0 Å². The van der Waals surface area contributed by atoms with Gasteiger partial charge in [0.15, 0.2) is 0 Å². The number of carbonyl (C=O) groups is 1. The number of fused-ring (bicyclic) bond motifs is 1. The Hall–Kier alpha value is -2.17. The summed E-state index contributed by atoms with van der Waals surface area (Å²) in [6.45, 7) is 6.46. The predicted octanol–water partition coefficient (Wildman–Crippen LogP) is 4.17. The third kappa shape index (κ3) is 3.46. The molecule has 0 bridgehead atoms. The van der Waals surface area contributed by atoms with Gasteiger partial charge in [0, 0.05) is 37.6 Å². The van der Waals surface area contributed by atoms with Crippen LogP contribution in [0.5, 0.6) is 0 Å². The number of piperazine rings is 1. The molecule has 25 heavy (non-hydrogen) atoms. The lowest BCUT2D eigenvalue weighted by molar-refractivity contribution is 0.0633. The fourth-order valence-electron chi connectivity index (χ4n) is 3.49. The smallest absolute Gasteiger partial charge is 0.264 e. The summed E-state index contributed by atoms with van der Waals surface area (Å²) >= 11 is 1.59. The Balaban J connectivity index is 1.41. The number of amides is 1. The van der Waals surface area contributed by atoms with Crippen LogP contribution in [0.3, 0.4) is 0 Å². The number of aryl methyl sites for hydroxylation is 1. The topological polar surface area (TPSA) is 23.6 Å². The van der Waals surface area contributed by atoms with Crippen LogP contribution in [0.1, 0.15) is 20.1 Å². The van der Waals surface area contributed by atoms with E-state index in [0.717, 1.165) is 37.6 Å². The van der Waals surface area contributed by atoms with Gasteiger partial charge < -0.3 is 4.90 Å². The van der Waals surface area contributed by atoms with Crippen LogP contribution in [0.4, 0.5) is 0 Å². The first kappa shape index (κ1) is 16.3. The Morgan fingerprint density at radius 1 is 0.960 bits per heavy atom. The highest BCUT2D eigenvalue weighted by molar-refractivity contribution is 7.13. The fraction of sp³-hybridized carbons (Fsp3) is 0.286. The molecular weight excluding hydrogens is 328 g/mol. The van der Waals surface area contributed by atoms with Gasteiger partial charge >= 0.3 is 0 Å². The summed E-state index contributed by atoms with van der Waals surface area (Å²) in [6, 6.07) is 19.0. The van der Waals surface area contributed by atoms with Crippen molar-refractivity contribution in [3.05, 3.63) is 69.9 Å². The lowest BCUT2D eigenvalue weighted by atomic mass is 10.0. The van der Waals surface area contributed by atoms with Gasteiger partial charge in [-0.15, -0.1) is 11.3 Å². The van der Waals surface area contributed by atoms with Crippen LogP contribution in [0.15, 0.2) is 54.6 Å². The minimum atomic E-state index is 0.183. The van der Waals surface area contributed by atoms with Crippen LogP contribution < -0.4 is 0 Å². The molecule has 1 saturated heterocycles. The molecule has 0 radical (unpaired) electrons. The summed E-state index contributed by atoms with van der Waals surface area (Å²) < 4.78 is 0. The van der Waals surface area contributed by atoms with Gasteiger partial charge in [0.25, 0.3) is 5.91 Å². The average Bonchev–Trinajstić information content (AvgIpc) is 3.08. The molecule has 1 aromatic heterocycles. The van der Waals surface area contributed by atoms with Crippen LogP contribution in [0.25, 0.3) is 10.8 Å². The highest BCUT2D eigenvalue weighted by Crippen LogP contribution is 2.22. The van der Waals surface area contributed by atoms with E-state index in [1.807, 2.05) is 24.0 Å². The maximum absolute atomic E-state index is 12.6. The number of hydrogen-bond acceptors (Lipinski definition) is 3. The van der Waals surface area contributed by atoms with Crippen molar-refractivity contribution < 1.29 is 4.79 Å². The second-order valence-corrected chi connectivity index (χ2v) is 7.90. The summed E-state index contributed by atoms with van der Waals surface area (Å²) in [5.41, 5.74) is 1.37. The van der Waals surface area contributed by atoms with Gasteiger partial charge in [-0.05, 0) is 35.4 Å². The molecule has 1 aliphatic heterocycles. The van der Waals surface area contributed by atoms with E-state index in [-0.39, 0.29) is 5.91 Å². The van der Waals surface area contributed by atoms with E-state index in [0.29, 0.717) is 0 Å². The SMILES string of the molecule is Cc1ccc(C(=O)N2CCN(Cc3cccc4ccccc34)CC2)s1. The maximum atomic E-state index is 12.6. The minimum absolute atomic E-state index is 0.183. The number of carbonyl (C=O) groups excluding carboxylic acids is 1. The van der Waals surface area contributed by atoms with Gasteiger partial charge in [-0.1, -0.05) is 42.5 Å². The number of benzene rings is 2. The molecule has 4 heteroatoms. The van der Waals surface area contributed by atoms with Crippen molar-refractivity contribution >= 4 is 28.0 Å². The van der Waals surface area contributed by atoms with Crippen molar-refractivity contribution in [1.29, 1.82) is 0 Å². The van der Waals surface area contributed by atoms with E-state index >= 15 is 0 Å². The summed E-state index contributed by atoms with van der Waals surface area (Å²) in [5.74, 6) is 0.183. The predicted molar refractivity (Wildman–Crippen MR) is 104 cm³/mol. The first-order valence-corrected chi connectivity index (χ1v) is 9.57. The van der Waals surface area contributed by atoms with Crippen molar-refractivity contribution in [3.63, 3.8) is 0 Å². The van der Waals surface area contributed by atoms with E-state index in [2.05, 4.69) is 47.4 Å². The molecule has 128 valence electrons. The number of hydrogen-bond donors (Lipinski definition) is 0. The van der Waals surface area contributed by atoms with Crippen LogP contribution in [0.2, 0.25) is 0 Å². The standard InChI is InChI=1S/C21H22N2OS/c1-16-9-10-20(25-16)21(24)23-13-11-22(12-14-23)15-18-7-4-6-17-5-2-3-8-19(17)18/h2-10H,11-15H2,1H3. The molecule has 0 unspecified atom stereocenters. The molecular formula is C21H22N2OS. The van der Waals surface area contributed by atoms with E-state index < -0.39 is 0 Å². The van der Waals surface area contributed by atoms with Gasteiger partial charge in [-0.2, -0.15) is 0 Å². The third-order valence-electron chi connectivity index (χ3n) is 4.88. The number of rotatable bonds is 3. The molecule has 0 aliphatic carbocycles. The molecule has 3 aromatic rings. The number of thiophene rings is 1. The van der Waals surface area contributed by atoms with Gasteiger partial charge in [-0.3, -0.25) is 9.69 Å². The largest absolute Gasteiger partial charge is 0.335 e. The molecule has 1 aliphatic rings.